The van der Waals surface area contributed by atoms with Crippen molar-refractivity contribution in [2.75, 3.05) is 6.54 Å². The molecular weight excluding hydrogens is 359 g/mol. The molecule has 0 atom stereocenters. The molecule has 0 bridgehead atoms. The summed E-state index contributed by atoms with van der Waals surface area (Å²) in [7, 11) is 0. The number of H-pyrrole nitrogens is 1. The maximum Gasteiger partial charge on any atom is 0.123 e. The number of benzene rings is 3. The molecule has 0 unspecified atom stereocenters. The SMILES string of the molecule is CCc1ccc2[nH]cc(CCN=C(C)c3ccc(-c4ccc(F)cc4)cc3)c2c1. The lowest BCUT2D eigenvalue weighted by molar-refractivity contribution is 0.628. The van der Waals surface area contributed by atoms with E-state index in [9.17, 15) is 4.39 Å². The van der Waals surface area contributed by atoms with E-state index in [1.54, 1.807) is 12.1 Å². The summed E-state index contributed by atoms with van der Waals surface area (Å²) >= 11 is 0. The van der Waals surface area contributed by atoms with E-state index in [0.29, 0.717) is 0 Å². The number of fused-ring (bicyclic) bond motifs is 1. The zero-order valence-corrected chi connectivity index (χ0v) is 16.9. The van der Waals surface area contributed by atoms with E-state index >= 15 is 0 Å². The monoisotopic (exact) mass is 384 g/mol. The molecule has 0 fully saturated rings. The van der Waals surface area contributed by atoms with Crippen LogP contribution in [0.3, 0.4) is 0 Å². The molecule has 0 aliphatic heterocycles. The number of aryl methyl sites for hydroxylation is 1. The second kappa shape index (κ2) is 8.44. The topological polar surface area (TPSA) is 28.1 Å². The van der Waals surface area contributed by atoms with E-state index in [1.165, 1.54) is 34.2 Å². The number of nitrogens with one attached hydrogen (secondary N) is 1. The van der Waals surface area contributed by atoms with Crippen LogP contribution in [0.2, 0.25) is 0 Å². The molecule has 2 nitrogen and oxygen atoms in total. The first kappa shape index (κ1) is 19.1. The molecule has 4 rings (SSSR count). The number of hydrogen-bond acceptors (Lipinski definition) is 1. The number of nitrogens with zero attached hydrogens (tertiary/aromatic N) is 1. The molecule has 1 heterocycles. The normalized spacial score (nSPS) is 11.9. The second-order valence-corrected chi connectivity index (χ2v) is 7.35. The fourth-order valence-electron chi connectivity index (χ4n) is 3.63. The molecule has 146 valence electrons. The molecule has 0 aliphatic rings. The Balaban J connectivity index is 1.44. The molecule has 0 spiro atoms. The van der Waals surface area contributed by atoms with Crippen LogP contribution in [0.15, 0.2) is 77.9 Å². The van der Waals surface area contributed by atoms with Crippen molar-refractivity contribution in [1.82, 2.24) is 4.98 Å². The summed E-state index contributed by atoms with van der Waals surface area (Å²) in [5.41, 5.74) is 8.10. The third kappa shape index (κ3) is 4.29. The lowest BCUT2D eigenvalue weighted by Gasteiger charge is -2.05. The highest BCUT2D eigenvalue weighted by molar-refractivity contribution is 5.99. The van der Waals surface area contributed by atoms with Gasteiger partial charge in [0.15, 0.2) is 0 Å². The Bertz CT molecular complexity index is 1140. The fourth-order valence-corrected chi connectivity index (χ4v) is 3.63. The van der Waals surface area contributed by atoms with Gasteiger partial charge >= 0.3 is 0 Å². The minimum Gasteiger partial charge on any atom is -0.361 e. The number of halogens is 1. The van der Waals surface area contributed by atoms with Gasteiger partial charge in [0.05, 0.1) is 0 Å². The lowest BCUT2D eigenvalue weighted by atomic mass is 10.0. The fraction of sp³-hybridized carbons (Fsp3) is 0.192. The van der Waals surface area contributed by atoms with Crippen molar-refractivity contribution < 1.29 is 4.39 Å². The zero-order chi connectivity index (χ0) is 20.2. The van der Waals surface area contributed by atoms with Crippen LogP contribution >= 0.6 is 0 Å². The largest absolute Gasteiger partial charge is 0.361 e. The Morgan fingerprint density at radius 1 is 0.931 bits per heavy atom. The molecule has 1 aromatic heterocycles. The van der Waals surface area contributed by atoms with Crippen molar-refractivity contribution in [3.05, 3.63) is 95.4 Å². The van der Waals surface area contributed by atoms with Crippen LogP contribution in [-0.2, 0) is 12.8 Å². The van der Waals surface area contributed by atoms with Gasteiger partial charge < -0.3 is 4.98 Å². The molecule has 0 aliphatic carbocycles. The predicted molar refractivity (Wildman–Crippen MR) is 120 cm³/mol. The van der Waals surface area contributed by atoms with E-state index in [-0.39, 0.29) is 5.82 Å². The van der Waals surface area contributed by atoms with Gasteiger partial charge in [-0.1, -0.05) is 49.4 Å². The average Bonchev–Trinajstić information content (AvgIpc) is 3.16. The van der Waals surface area contributed by atoms with Gasteiger partial charge in [0, 0.05) is 29.4 Å². The smallest absolute Gasteiger partial charge is 0.123 e. The Morgan fingerprint density at radius 3 is 2.31 bits per heavy atom. The van der Waals surface area contributed by atoms with Crippen molar-refractivity contribution in [1.29, 1.82) is 0 Å². The Morgan fingerprint density at radius 2 is 1.62 bits per heavy atom. The highest BCUT2D eigenvalue weighted by Crippen LogP contribution is 2.22. The number of rotatable bonds is 6. The number of aromatic nitrogens is 1. The van der Waals surface area contributed by atoms with Gasteiger partial charge in [0.1, 0.15) is 5.82 Å². The van der Waals surface area contributed by atoms with Gasteiger partial charge in [-0.25, -0.2) is 4.39 Å². The summed E-state index contributed by atoms with van der Waals surface area (Å²) in [5.74, 6) is -0.213. The first-order valence-corrected chi connectivity index (χ1v) is 10.1. The van der Waals surface area contributed by atoms with Crippen LogP contribution in [-0.4, -0.2) is 17.2 Å². The molecule has 1 N–H and O–H groups in total. The van der Waals surface area contributed by atoms with Crippen LogP contribution in [0.25, 0.3) is 22.0 Å². The van der Waals surface area contributed by atoms with Crippen LogP contribution < -0.4 is 0 Å². The Hall–Kier alpha value is -3.20. The summed E-state index contributed by atoms with van der Waals surface area (Å²) in [4.78, 5) is 8.15. The molecule has 0 saturated carbocycles. The third-order valence-corrected chi connectivity index (χ3v) is 5.45. The van der Waals surface area contributed by atoms with E-state index < -0.39 is 0 Å². The molecule has 29 heavy (non-hydrogen) atoms. The maximum atomic E-state index is 13.1. The first-order valence-electron chi connectivity index (χ1n) is 10.1. The van der Waals surface area contributed by atoms with E-state index in [4.69, 9.17) is 4.99 Å². The molecule has 4 aromatic rings. The molecule has 0 radical (unpaired) electrons. The lowest BCUT2D eigenvalue weighted by Crippen LogP contribution is -1.98. The van der Waals surface area contributed by atoms with Crippen molar-refractivity contribution >= 4 is 16.6 Å². The minimum absolute atomic E-state index is 0.213. The summed E-state index contributed by atoms with van der Waals surface area (Å²) < 4.78 is 13.1. The van der Waals surface area contributed by atoms with E-state index in [2.05, 4.69) is 67.5 Å². The van der Waals surface area contributed by atoms with Crippen LogP contribution in [0.1, 0.15) is 30.5 Å². The molecule has 0 saturated heterocycles. The van der Waals surface area contributed by atoms with Gasteiger partial charge in [-0.3, -0.25) is 4.99 Å². The summed E-state index contributed by atoms with van der Waals surface area (Å²) in [6.45, 7) is 4.99. The standard InChI is InChI=1S/C26H25FN2/c1-3-19-4-13-26-25(16-19)23(17-29-26)14-15-28-18(2)20-5-7-21(8-6-20)22-9-11-24(27)12-10-22/h4-13,16-17,29H,3,14-15H2,1-2H3. The van der Waals surface area contributed by atoms with Gasteiger partial charge in [0.2, 0.25) is 0 Å². The van der Waals surface area contributed by atoms with Crippen molar-refractivity contribution in [3.8, 4) is 11.1 Å². The highest BCUT2D eigenvalue weighted by atomic mass is 19.1. The Labute approximate surface area is 171 Å². The van der Waals surface area contributed by atoms with Crippen molar-refractivity contribution in [2.45, 2.75) is 26.7 Å². The van der Waals surface area contributed by atoms with Gasteiger partial charge in [0.25, 0.3) is 0 Å². The number of aliphatic imine (C=N–C) groups is 1. The predicted octanol–water partition coefficient (Wildman–Crippen LogP) is 6.59. The van der Waals surface area contributed by atoms with Crippen LogP contribution in [0.5, 0.6) is 0 Å². The quantitative estimate of drug-likeness (QED) is 0.363. The third-order valence-electron chi connectivity index (χ3n) is 5.45. The molecule has 0 amide bonds. The summed E-state index contributed by atoms with van der Waals surface area (Å²) in [6, 6.07) is 21.5. The maximum absolute atomic E-state index is 13.1. The van der Waals surface area contributed by atoms with Gasteiger partial charge in [-0.15, -0.1) is 0 Å². The van der Waals surface area contributed by atoms with Gasteiger partial charge in [-0.2, -0.15) is 0 Å². The van der Waals surface area contributed by atoms with Crippen LogP contribution in [0, 0.1) is 5.82 Å². The Kier molecular flexibility index (Phi) is 5.57. The molecule has 3 aromatic carbocycles. The van der Waals surface area contributed by atoms with Crippen molar-refractivity contribution in [3.63, 3.8) is 0 Å². The van der Waals surface area contributed by atoms with Crippen LogP contribution in [0.4, 0.5) is 4.39 Å². The van der Waals surface area contributed by atoms with Crippen molar-refractivity contribution in [2.24, 2.45) is 4.99 Å². The second-order valence-electron chi connectivity index (χ2n) is 7.35. The number of aromatic amines is 1. The number of hydrogen-bond donors (Lipinski definition) is 1. The summed E-state index contributed by atoms with van der Waals surface area (Å²) in [6.07, 6.45) is 4.07. The van der Waals surface area contributed by atoms with E-state index in [1.807, 2.05) is 0 Å². The first-order chi connectivity index (χ1) is 14.1. The highest BCUT2D eigenvalue weighted by Gasteiger charge is 2.05. The average molecular weight is 384 g/mol. The van der Waals surface area contributed by atoms with E-state index in [0.717, 1.165) is 41.8 Å². The minimum atomic E-state index is -0.213. The van der Waals surface area contributed by atoms with Gasteiger partial charge in [-0.05, 0) is 71.8 Å². The summed E-state index contributed by atoms with van der Waals surface area (Å²) in [5, 5.41) is 1.31. The molecule has 3 heteroatoms. The molecular formula is C26H25FN2. The zero-order valence-electron chi connectivity index (χ0n) is 16.9.